The summed E-state index contributed by atoms with van der Waals surface area (Å²) in [6, 6.07) is -0.244. The van der Waals surface area contributed by atoms with Gasteiger partial charge in [0.15, 0.2) is 0 Å². The molecule has 0 bridgehead atoms. The summed E-state index contributed by atoms with van der Waals surface area (Å²) in [6.07, 6.45) is 4.96. The van der Waals surface area contributed by atoms with Crippen molar-refractivity contribution in [2.24, 2.45) is 5.92 Å². The Labute approximate surface area is 119 Å². The second-order valence-corrected chi connectivity index (χ2v) is 6.79. The van der Waals surface area contributed by atoms with Crippen LogP contribution in [0.3, 0.4) is 0 Å². The van der Waals surface area contributed by atoms with E-state index in [1.54, 1.807) is 0 Å². The molecule has 3 rings (SSSR count). The minimum Gasteiger partial charge on any atom is -0.390 e. The minimum absolute atomic E-state index is 0.0898. The second-order valence-electron chi connectivity index (χ2n) is 6.79. The van der Waals surface area contributed by atoms with E-state index in [1.165, 1.54) is 0 Å². The molecule has 3 aliphatic rings. The fourth-order valence-electron chi connectivity index (χ4n) is 3.27. The van der Waals surface area contributed by atoms with E-state index in [9.17, 15) is 14.7 Å². The van der Waals surface area contributed by atoms with Gasteiger partial charge in [-0.05, 0) is 45.4 Å². The molecule has 5 nitrogen and oxygen atoms in total. The van der Waals surface area contributed by atoms with Crippen molar-refractivity contribution in [2.75, 3.05) is 19.6 Å². The smallest absolute Gasteiger partial charge is 0.245 e. The van der Waals surface area contributed by atoms with Crippen molar-refractivity contribution in [3.05, 3.63) is 0 Å². The molecular formula is C15H24N2O3. The number of nitrogens with zero attached hydrogens (tertiary/aromatic N) is 2. The summed E-state index contributed by atoms with van der Waals surface area (Å²) in [7, 11) is 0. The Bertz CT molecular complexity index is 407. The molecule has 0 aromatic heterocycles. The van der Waals surface area contributed by atoms with Crippen LogP contribution in [0.5, 0.6) is 0 Å². The lowest BCUT2D eigenvalue weighted by atomic mass is 9.93. The molecule has 1 atom stereocenters. The summed E-state index contributed by atoms with van der Waals surface area (Å²) in [5.74, 6) is 0.461. The predicted molar refractivity (Wildman–Crippen MR) is 73.9 cm³/mol. The van der Waals surface area contributed by atoms with Crippen molar-refractivity contribution in [1.29, 1.82) is 0 Å². The lowest BCUT2D eigenvalue weighted by Crippen LogP contribution is -2.52. The largest absolute Gasteiger partial charge is 0.390 e. The Balaban J connectivity index is 1.62. The third-order valence-electron chi connectivity index (χ3n) is 4.90. The standard InChI is InChI=1S/C15H24N2O3/c1-15(20)6-9-16(10-7-15)14(19)12-3-2-8-17(12)13(18)11-4-5-11/h11-12,20H,2-10H2,1H3. The zero-order valence-corrected chi connectivity index (χ0v) is 12.2. The van der Waals surface area contributed by atoms with Gasteiger partial charge in [0.1, 0.15) is 6.04 Å². The number of hydrogen-bond donors (Lipinski definition) is 1. The molecule has 5 heteroatoms. The summed E-state index contributed by atoms with van der Waals surface area (Å²) in [5, 5.41) is 9.96. The Hall–Kier alpha value is -1.10. The van der Waals surface area contributed by atoms with Gasteiger partial charge in [0.25, 0.3) is 0 Å². The van der Waals surface area contributed by atoms with Gasteiger partial charge < -0.3 is 14.9 Å². The maximum absolute atomic E-state index is 12.6. The maximum Gasteiger partial charge on any atom is 0.245 e. The first-order valence-electron chi connectivity index (χ1n) is 7.80. The average molecular weight is 280 g/mol. The number of rotatable bonds is 2. The van der Waals surface area contributed by atoms with Crippen molar-refractivity contribution in [3.8, 4) is 0 Å². The lowest BCUT2D eigenvalue weighted by molar-refractivity contribution is -0.146. The monoisotopic (exact) mass is 280 g/mol. The molecule has 1 aliphatic carbocycles. The highest BCUT2D eigenvalue weighted by Gasteiger charge is 2.42. The van der Waals surface area contributed by atoms with Crippen LogP contribution in [0.1, 0.15) is 45.4 Å². The van der Waals surface area contributed by atoms with Gasteiger partial charge in [-0.2, -0.15) is 0 Å². The van der Waals surface area contributed by atoms with E-state index in [4.69, 9.17) is 0 Å². The minimum atomic E-state index is -0.643. The fourth-order valence-corrected chi connectivity index (χ4v) is 3.27. The number of piperidine rings is 1. The molecule has 0 spiro atoms. The molecule has 2 amide bonds. The number of amides is 2. The Morgan fingerprint density at radius 1 is 1.05 bits per heavy atom. The quantitative estimate of drug-likeness (QED) is 0.812. The zero-order chi connectivity index (χ0) is 14.3. The summed E-state index contributed by atoms with van der Waals surface area (Å²) >= 11 is 0. The predicted octanol–water partition coefficient (Wildman–Crippen LogP) is 0.761. The van der Waals surface area contributed by atoms with Crippen molar-refractivity contribution in [3.63, 3.8) is 0 Å². The molecule has 1 N–H and O–H groups in total. The van der Waals surface area contributed by atoms with Gasteiger partial charge >= 0.3 is 0 Å². The van der Waals surface area contributed by atoms with E-state index in [-0.39, 0.29) is 23.8 Å². The first kappa shape index (κ1) is 13.9. The molecule has 0 aromatic rings. The molecule has 112 valence electrons. The lowest BCUT2D eigenvalue weighted by Gasteiger charge is -2.38. The van der Waals surface area contributed by atoms with Crippen LogP contribution in [-0.2, 0) is 9.59 Å². The van der Waals surface area contributed by atoms with Crippen molar-refractivity contribution in [1.82, 2.24) is 9.80 Å². The van der Waals surface area contributed by atoms with Crippen molar-refractivity contribution >= 4 is 11.8 Å². The number of aliphatic hydroxyl groups is 1. The van der Waals surface area contributed by atoms with Crippen LogP contribution in [0.15, 0.2) is 0 Å². The van der Waals surface area contributed by atoms with Crippen molar-refractivity contribution < 1.29 is 14.7 Å². The van der Waals surface area contributed by atoms with Crippen LogP contribution in [0, 0.1) is 5.92 Å². The highest BCUT2D eigenvalue weighted by Crippen LogP contribution is 2.34. The van der Waals surface area contributed by atoms with Crippen LogP contribution in [-0.4, -0.2) is 58.0 Å². The van der Waals surface area contributed by atoms with E-state index in [0.717, 1.165) is 32.2 Å². The normalized spacial score (nSPS) is 29.6. The fraction of sp³-hybridized carbons (Fsp3) is 0.867. The summed E-state index contributed by atoms with van der Waals surface area (Å²) in [6.45, 7) is 3.77. The van der Waals surface area contributed by atoms with Crippen LogP contribution in [0.2, 0.25) is 0 Å². The number of likely N-dealkylation sites (tertiary alicyclic amines) is 2. The first-order valence-corrected chi connectivity index (χ1v) is 7.80. The summed E-state index contributed by atoms with van der Waals surface area (Å²) in [5.41, 5.74) is -0.643. The van der Waals surface area contributed by atoms with Crippen LogP contribution < -0.4 is 0 Å². The number of carbonyl (C=O) groups is 2. The molecule has 1 unspecified atom stereocenters. The van der Waals surface area contributed by atoms with E-state index < -0.39 is 5.60 Å². The molecule has 2 aliphatic heterocycles. The second kappa shape index (κ2) is 5.02. The van der Waals surface area contributed by atoms with E-state index in [1.807, 2.05) is 16.7 Å². The Morgan fingerprint density at radius 3 is 2.30 bits per heavy atom. The molecule has 0 radical (unpaired) electrons. The number of hydrogen-bond acceptors (Lipinski definition) is 3. The Kier molecular flexibility index (Phi) is 3.48. The third-order valence-corrected chi connectivity index (χ3v) is 4.90. The summed E-state index contributed by atoms with van der Waals surface area (Å²) < 4.78 is 0. The van der Waals surface area contributed by atoms with Gasteiger partial charge in [0, 0.05) is 25.6 Å². The average Bonchev–Trinajstić information content (AvgIpc) is 3.14. The van der Waals surface area contributed by atoms with Crippen LogP contribution in [0.25, 0.3) is 0 Å². The molecule has 0 aromatic carbocycles. The zero-order valence-electron chi connectivity index (χ0n) is 12.2. The SMILES string of the molecule is CC1(O)CCN(C(=O)C2CCCN2C(=O)C2CC2)CC1. The molecule has 2 saturated heterocycles. The number of carbonyl (C=O) groups excluding carboxylic acids is 2. The van der Waals surface area contributed by atoms with Gasteiger partial charge in [0.05, 0.1) is 5.60 Å². The van der Waals surface area contributed by atoms with Gasteiger partial charge in [-0.3, -0.25) is 9.59 Å². The Morgan fingerprint density at radius 2 is 1.70 bits per heavy atom. The molecular weight excluding hydrogens is 256 g/mol. The van der Waals surface area contributed by atoms with Gasteiger partial charge in [-0.15, -0.1) is 0 Å². The van der Waals surface area contributed by atoms with E-state index in [2.05, 4.69) is 0 Å². The van der Waals surface area contributed by atoms with Crippen LogP contribution >= 0.6 is 0 Å². The first-order chi connectivity index (χ1) is 9.48. The molecule has 20 heavy (non-hydrogen) atoms. The van der Waals surface area contributed by atoms with Gasteiger partial charge in [-0.25, -0.2) is 0 Å². The third kappa shape index (κ3) is 2.68. The maximum atomic E-state index is 12.6. The highest BCUT2D eigenvalue weighted by atomic mass is 16.3. The molecule has 1 saturated carbocycles. The molecule has 3 fully saturated rings. The topological polar surface area (TPSA) is 60.9 Å². The van der Waals surface area contributed by atoms with E-state index >= 15 is 0 Å². The van der Waals surface area contributed by atoms with Gasteiger partial charge in [-0.1, -0.05) is 0 Å². The van der Waals surface area contributed by atoms with Crippen LogP contribution in [0.4, 0.5) is 0 Å². The van der Waals surface area contributed by atoms with Gasteiger partial charge in [0.2, 0.25) is 11.8 Å². The van der Waals surface area contributed by atoms with Crippen molar-refractivity contribution in [2.45, 2.75) is 57.1 Å². The van der Waals surface area contributed by atoms with E-state index in [0.29, 0.717) is 25.9 Å². The highest BCUT2D eigenvalue weighted by molar-refractivity contribution is 5.90. The molecule has 2 heterocycles. The summed E-state index contributed by atoms with van der Waals surface area (Å²) in [4.78, 5) is 28.5.